The van der Waals surface area contributed by atoms with E-state index >= 15 is 0 Å². The Bertz CT molecular complexity index is 653. The van der Waals surface area contributed by atoms with Crippen LogP contribution in [0.25, 0.3) is 0 Å². The zero-order valence-electron chi connectivity index (χ0n) is 14.5. The van der Waals surface area contributed by atoms with E-state index in [1.54, 1.807) is 6.92 Å². The molecule has 138 valence electrons. The lowest BCUT2D eigenvalue weighted by Gasteiger charge is -2.25. The van der Waals surface area contributed by atoms with Gasteiger partial charge in [-0.2, -0.15) is 13.2 Å². The van der Waals surface area contributed by atoms with E-state index in [4.69, 9.17) is 0 Å². The van der Waals surface area contributed by atoms with Crippen LogP contribution in [0.2, 0.25) is 0 Å². The summed E-state index contributed by atoms with van der Waals surface area (Å²) in [6.45, 7) is 3.72. The van der Waals surface area contributed by atoms with E-state index in [1.165, 1.54) is 25.0 Å². The number of methoxy groups -OCH3 is 1. The molecule has 1 aliphatic carbocycles. The SMILES string of the molecule is COC(=O)C(C)CN(CC1CC1)C(=O)c1cc(C)cc(C(F)(F)F)c1. The zero-order valence-corrected chi connectivity index (χ0v) is 14.5. The van der Waals surface area contributed by atoms with Crippen LogP contribution in [0, 0.1) is 18.8 Å². The highest BCUT2D eigenvalue weighted by Crippen LogP contribution is 2.32. The Kier molecular flexibility index (Phi) is 5.75. The first-order valence-electron chi connectivity index (χ1n) is 8.17. The zero-order chi connectivity index (χ0) is 18.8. The molecule has 25 heavy (non-hydrogen) atoms. The molecule has 4 nitrogen and oxygen atoms in total. The van der Waals surface area contributed by atoms with Crippen molar-refractivity contribution in [2.75, 3.05) is 20.2 Å². The van der Waals surface area contributed by atoms with E-state index in [2.05, 4.69) is 4.74 Å². The van der Waals surface area contributed by atoms with Gasteiger partial charge in [0.15, 0.2) is 0 Å². The summed E-state index contributed by atoms with van der Waals surface area (Å²) in [7, 11) is 1.27. The van der Waals surface area contributed by atoms with Crippen molar-refractivity contribution in [1.82, 2.24) is 4.90 Å². The molecule has 0 heterocycles. The summed E-state index contributed by atoms with van der Waals surface area (Å²) in [4.78, 5) is 25.9. The van der Waals surface area contributed by atoms with Crippen molar-refractivity contribution in [1.29, 1.82) is 0 Å². The number of amides is 1. The van der Waals surface area contributed by atoms with E-state index in [9.17, 15) is 22.8 Å². The van der Waals surface area contributed by atoms with Gasteiger partial charge in [-0.15, -0.1) is 0 Å². The molecule has 0 N–H and O–H groups in total. The van der Waals surface area contributed by atoms with Gasteiger partial charge in [0.2, 0.25) is 0 Å². The van der Waals surface area contributed by atoms with Crippen molar-refractivity contribution in [3.05, 3.63) is 34.9 Å². The highest BCUT2D eigenvalue weighted by atomic mass is 19.4. The Morgan fingerprint density at radius 3 is 2.44 bits per heavy atom. The lowest BCUT2D eigenvalue weighted by molar-refractivity contribution is -0.145. The van der Waals surface area contributed by atoms with Crippen LogP contribution in [0.4, 0.5) is 13.2 Å². The van der Waals surface area contributed by atoms with Crippen LogP contribution >= 0.6 is 0 Å². The van der Waals surface area contributed by atoms with Crippen LogP contribution < -0.4 is 0 Å². The lowest BCUT2D eigenvalue weighted by atomic mass is 10.0. The molecule has 0 saturated heterocycles. The van der Waals surface area contributed by atoms with Crippen molar-refractivity contribution < 1.29 is 27.5 Å². The molecule has 1 amide bonds. The number of alkyl halides is 3. The maximum absolute atomic E-state index is 13.0. The fraction of sp³-hybridized carbons (Fsp3) is 0.556. The van der Waals surface area contributed by atoms with E-state index in [0.29, 0.717) is 18.0 Å². The predicted octanol–water partition coefficient (Wildman–Crippen LogP) is 3.68. The van der Waals surface area contributed by atoms with Crippen molar-refractivity contribution in [3.63, 3.8) is 0 Å². The van der Waals surface area contributed by atoms with E-state index in [0.717, 1.165) is 25.0 Å². The minimum atomic E-state index is -4.51. The van der Waals surface area contributed by atoms with Gasteiger partial charge >= 0.3 is 12.1 Å². The molecule has 0 bridgehead atoms. The number of hydrogen-bond donors (Lipinski definition) is 0. The van der Waals surface area contributed by atoms with E-state index in [1.807, 2.05) is 0 Å². The number of hydrogen-bond acceptors (Lipinski definition) is 3. The van der Waals surface area contributed by atoms with Crippen LogP contribution in [0.5, 0.6) is 0 Å². The van der Waals surface area contributed by atoms with Gasteiger partial charge in [-0.25, -0.2) is 0 Å². The summed E-state index contributed by atoms with van der Waals surface area (Å²) >= 11 is 0. The monoisotopic (exact) mass is 357 g/mol. The van der Waals surface area contributed by atoms with Gasteiger partial charge in [0.05, 0.1) is 18.6 Å². The average molecular weight is 357 g/mol. The van der Waals surface area contributed by atoms with Gasteiger partial charge in [0.1, 0.15) is 0 Å². The fourth-order valence-corrected chi connectivity index (χ4v) is 2.71. The molecular weight excluding hydrogens is 335 g/mol. The number of aryl methyl sites for hydroxylation is 1. The Hall–Kier alpha value is -2.05. The second kappa shape index (κ2) is 7.45. The van der Waals surface area contributed by atoms with Gasteiger partial charge < -0.3 is 9.64 Å². The van der Waals surface area contributed by atoms with Gasteiger partial charge in [-0.1, -0.05) is 6.92 Å². The van der Waals surface area contributed by atoms with E-state index < -0.39 is 29.5 Å². The van der Waals surface area contributed by atoms with Crippen LogP contribution in [0.3, 0.4) is 0 Å². The minimum Gasteiger partial charge on any atom is -0.469 e. The summed E-state index contributed by atoms with van der Waals surface area (Å²) in [6.07, 6.45) is -2.54. The lowest BCUT2D eigenvalue weighted by Crippen LogP contribution is -2.38. The number of carbonyl (C=O) groups excluding carboxylic acids is 2. The first-order valence-corrected chi connectivity index (χ1v) is 8.17. The number of nitrogens with zero attached hydrogens (tertiary/aromatic N) is 1. The van der Waals surface area contributed by atoms with Gasteiger partial charge in [-0.05, 0) is 49.4 Å². The molecule has 1 fully saturated rings. The Labute approximate surface area is 144 Å². The molecule has 1 saturated carbocycles. The summed E-state index contributed by atoms with van der Waals surface area (Å²) in [5, 5.41) is 0. The molecule has 1 atom stereocenters. The highest BCUT2D eigenvalue weighted by Gasteiger charge is 2.33. The van der Waals surface area contributed by atoms with Crippen LogP contribution in [-0.2, 0) is 15.7 Å². The van der Waals surface area contributed by atoms with Crippen LogP contribution in [-0.4, -0.2) is 37.0 Å². The second-order valence-electron chi connectivity index (χ2n) is 6.66. The molecule has 0 aliphatic heterocycles. The number of carbonyl (C=O) groups is 2. The van der Waals surface area contributed by atoms with Gasteiger partial charge in [0.25, 0.3) is 5.91 Å². The molecule has 0 radical (unpaired) electrons. The summed E-state index contributed by atoms with van der Waals surface area (Å²) < 4.78 is 43.7. The summed E-state index contributed by atoms with van der Waals surface area (Å²) in [5.41, 5.74) is -0.487. The Morgan fingerprint density at radius 1 is 1.28 bits per heavy atom. The fourth-order valence-electron chi connectivity index (χ4n) is 2.71. The third kappa shape index (κ3) is 5.21. The molecule has 0 aromatic heterocycles. The largest absolute Gasteiger partial charge is 0.469 e. The first-order chi connectivity index (χ1) is 11.6. The number of halogens is 3. The topological polar surface area (TPSA) is 46.6 Å². The Morgan fingerprint density at radius 2 is 1.92 bits per heavy atom. The third-order valence-electron chi connectivity index (χ3n) is 4.21. The van der Waals surface area contributed by atoms with Crippen molar-refractivity contribution in [3.8, 4) is 0 Å². The van der Waals surface area contributed by atoms with Crippen molar-refractivity contribution in [2.45, 2.75) is 32.9 Å². The minimum absolute atomic E-state index is 0.00922. The van der Waals surface area contributed by atoms with Crippen LogP contribution in [0.1, 0.15) is 41.3 Å². The average Bonchev–Trinajstić information content (AvgIpc) is 3.35. The smallest absolute Gasteiger partial charge is 0.416 e. The second-order valence-corrected chi connectivity index (χ2v) is 6.66. The molecule has 7 heteroatoms. The maximum atomic E-state index is 13.0. The normalized spacial score (nSPS) is 15.6. The maximum Gasteiger partial charge on any atom is 0.416 e. The van der Waals surface area contributed by atoms with Gasteiger partial charge in [-0.3, -0.25) is 9.59 Å². The first kappa shape index (κ1) is 19.3. The van der Waals surface area contributed by atoms with Crippen molar-refractivity contribution in [2.24, 2.45) is 11.8 Å². The number of rotatable bonds is 6. The number of benzene rings is 1. The highest BCUT2D eigenvalue weighted by molar-refractivity contribution is 5.95. The quantitative estimate of drug-likeness (QED) is 0.730. The third-order valence-corrected chi connectivity index (χ3v) is 4.21. The van der Waals surface area contributed by atoms with E-state index in [-0.39, 0.29) is 12.1 Å². The molecule has 2 rings (SSSR count). The van der Waals surface area contributed by atoms with Crippen molar-refractivity contribution >= 4 is 11.9 Å². The number of ether oxygens (including phenoxy) is 1. The summed E-state index contributed by atoms with van der Waals surface area (Å²) in [6, 6.07) is 3.33. The molecular formula is C18H22F3NO3. The van der Waals surface area contributed by atoms with Crippen LogP contribution in [0.15, 0.2) is 18.2 Å². The molecule has 1 unspecified atom stereocenters. The molecule has 0 spiro atoms. The van der Waals surface area contributed by atoms with Gasteiger partial charge in [0, 0.05) is 18.7 Å². The molecule has 1 aromatic carbocycles. The number of esters is 1. The summed E-state index contributed by atoms with van der Waals surface area (Å²) in [5.74, 6) is -1.13. The molecule has 1 aliphatic rings. The Balaban J connectivity index is 2.26. The molecule has 1 aromatic rings. The predicted molar refractivity (Wildman–Crippen MR) is 86.0 cm³/mol. The standard InChI is InChI=1S/C18H22F3NO3/c1-11-6-14(8-15(7-11)18(19,20)21)16(23)22(10-13-4-5-13)9-12(2)17(24)25-3/h6-8,12-13H,4-5,9-10H2,1-3H3.